The van der Waals surface area contributed by atoms with Crippen LogP contribution in [0.2, 0.25) is 0 Å². The highest BCUT2D eigenvalue weighted by Gasteiger charge is 2.26. The minimum Gasteiger partial charge on any atom is -0.350 e. The molecule has 0 bridgehead atoms. The largest absolute Gasteiger partial charge is 0.350 e. The topological polar surface area (TPSA) is 70.5 Å². The maximum Gasteiger partial charge on any atom is 0.155 e. The van der Waals surface area contributed by atoms with Crippen LogP contribution in [0.15, 0.2) is 0 Å². The Hall–Kier alpha value is -0.160. The van der Waals surface area contributed by atoms with Gasteiger partial charge in [-0.25, -0.2) is 0 Å². The smallest absolute Gasteiger partial charge is 0.155 e. The van der Waals surface area contributed by atoms with Crippen LogP contribution in [0.3, 0.4) is 0 Å². The van der Waals surface area contributed by atoms with Crippen LogP contribution in [0.25, 0.3) is 0 Å². The van der Waals surface area contributed by atoms with E-state index in [1.54, 1.807) is 0 Å². The lowest BCUT2D eigenvalue weighted by molar-refractivity contribution is -0.195. The monoisotopic (exact) mass is 132 g/mol. The third kappa shape index (κ3) is 1.91. The minimum absolute atomic E-state index is 0.162. The Morgan fingerprint density at radius 1 is 1.33 bits per heavy atom. The van der Waals surface area contributed by atoms with Gasteiger partial charge in [0.15, 0.2) is 6.29 Å². The third-order valence-electron chi connectivity index (χ3n) is 1.17. The van der Waals surface area contributed by atoms with E-state index >= 15 is 0 Å². The van der Waals surface area contributed by atoms with Crippen LogP contribution in [0, 0.1) is 0 Å². The molecule has 0 amide bonds. The minimum atomic E-state index is -0.785. The molecule has 0 aliphatic carbocycles. The van der Waals surface area contributed by atoms with Gasteiger partial charge in [0.05, 0.1) is 13.2 Å². The van der Waals surface area contributed by atoms with Crippen LogP contribution in [0.4, 0.5) is 0 Å². The third-order valence-corrected chi connectivity index (χ3v) is 1.17. The summed E-state index contributed by atoms with van der Waals surface area (Å²) in [4.78, 5) is 0. The van der Waals surface area contributed by atoms with Gasteiger partial charge in [-0.2, -0.15) is 0 Å². The Bertz CT molecular complexity index is 95.1. The van der Waals surface area contributed by atoms with Gasteiger partial charge < -0.3 is 20.9 Å². The van der Waals surface area contributed by atoms with Gasteiger partial charge in [0, 0.05) is 0 Å². The van der Waals surface area contributed by atoms with Gasteiger partial charge in [-0.3, -0.25) is 0 Å². The first-order valence-corrected chi connectivity index (χ1v) is 2.91. The molecule has 0 saturated carbocycles. The molecule has 1 aliphatic heterocycles. The zero-order valence-electron chi connectivity index (χ0n) is 5.46. The summed E-state index contributed by atoms with van der Waals surface area (Å²) in [5.41, 5.74) is 10.2. The van der Waals surface area contributed by atoms with Crippen molar-refractivity contribution in [2.24, 2.45) is 11.5 Å². The highest BCUT2D eigenvalue weighted by atomic mass is 16.7. The molecular weight excluding hydrogens is 120 g/mol. The van der Waals surface area contributed by atoms with Crippen molar-refractivity contribution in [1.82, 2.24) is 0 Å². The molecule has 9 heavy (non-hydrogen) atoms. The lowest BCUT2D eigenvalue weighted by Gasteiger charge is -2.32. The summed E-state index contributed by atoms with van der Waals surface area (Å²) >= 11 is 0. The van der Waals surface area contributed by atoms with Gasteiger partial charge >= 0.3 is 0 Å². The van der Waals surface area contributed by atoms with E-state index in [1.165, 1.54) is 0 Å². The Morgan fingerprint density at radius 3 is 2.11 bits per heavy atom. The van der Waals surface area contributed by atoms with Gasteiger partial charge in [-0.1, -0.05) is 0 Å². The van der Waals surface area contributed by atoms with Crippen LogP contribution in [0.5, 0.6) is 0 Å². The van der Waals surface area contributed by atoms with Crippen molar-refractivity contribution in [3.05, 3.63) is 0 Å². The average Bonchev–Trinajstić information content (AvgIpc) is 1.78. The van der Waals surface area contributed by atoms with Gasteiger partial charge in [0.2, 0.25) is 0 Å². The summed E-state index contributed by atoms with van der Waals surface area (Å²) in [6, 6.07) is 0. The molecule has 0 radical (unpaired) electrons. The molecule has 1 rings (SSSR count). The van der Waals surface area contributed by atoms with E-state index in [9.17, 15) is 0 Å². The van der Waals surface area contributed by atoms with E-state index < -0.39 is 5.66 Å². The lowest BCUT2D eigenvalue weighted by atomic mass is 10.2. The van der Waals surface area contributed by atoms with Crippen LogP contribution in [-0.2, 0) is 9.47 Å². The summed E-state index contributed by atoms with van der Waals surface area (Å²) in [6.07, 6.45) is -0.162. The molecule has 1 heterocycles. The number of ether oxygens (including phenoxy) is 2. The number of rotatable bonds is 0. The molecule has 0 unspecified atom stereocenters. The van der Waals surface area contributed by atoms with E-state index in [2.05, 4.69) is 0 Å². The lowest BCUT2D eigenvalue weighted by Crippen LogP contribution is -2.60. The maximum absolute atomic E-state index is 5.47. The second-order valence-electron chi connectivity index (χ2n) is 2.42. The predicted octanol–water partition coefficient (Wildman–Crippen LogP) is -1.01. The highest BCUT2D eigenvalue weighted by molar-refractivity contribution is 4.78. The molecule has 4 N–H and O–H groups in total. The zero-order valence-corrected chi connectivity index (χ0v) is 5.46. The molecule has 0 atom stereocenters. The van der Waals surface area contributed by atoms with Crippen molar-refractivity contribution >= 4 is 0 Å². The maximum atomic E-state index is 5.47. The second-order valence-corrected chi connectivity index (χ2v) is 2.42. The Balaban J connectivity index is 2.35. The molecule has 0 aromatic heterocycles. The fourth-order valence-electron chi connectivity index (χ4n) is 0.635. The van der Waals surface area contributed by atoms with Crippen molar-refractivity contribution in [3.63, 3.8) is 0 Å². The van der Waals surface area contributed by atoms with Crippen molar-refractivity contribution in [2.45, 2.75) is 18.9 Å². The van der Waals surface area contributed by atoms with Crippen molar-refractivity contribution in [3.8, 4) is 0 Å². The van der Waals surface area contributed by atoms with Gasteiger partial charge in [-0.15, -0.1) is 0 Å². The fraction of sp³-hybridized carbons (Fsp3) is 1.00. The van der Waals surface area contributed by atoms with Crippen LogP contribution in [-0.4, -0.2) is 25.2 Å². The molecule has 4 nitrogen and oxygen atoms in total. The number of hydrogen-bond acceptors (Lipinski definition) is 4. The summed E-state index contributed by atoms with van der Waals surface area (Å²) in [7, 11) is 0. The first-order chi connectivity index (χ1) is 4.10. The van der Waals surface area contributed by atoms with Crippen LogP contribution >= 0.6 is 0 Å². The normalized spacial score (nSPS) is 28.3. The molecule has 4 heteroatoms. The van der Waals surface area contributed by atoms with E-state index in [0.717, 1.165) is 0 Å². The summed E-state index contributed by atoms with van der Waals surface area (Å²) in [5, 5.41) is 0. The highest BCUT2D eigenvalue weighted by Crippen LogP contribution is 2.06. The standard InChI is InChI=1S/C5H12N2O2/c1-4-8-2-5(6,7)3-9-4/h4H,2-3,6-7H2,1H3. The quantitative estimate of drug-likeness (QED) is 0.414. The van der Waals surface area contributed by atoms with Crippen LogP contribution in [0.1, 0.15) is 6.92 Å². The molecule has 1 aliphatic rings. The molecule has 1 saturated heterocycles. The van der Waals surface area contributed by atoms with Gasteiger partial charge in [0.1, 0.15) is 5.66 Å². The van der Waals surface area contributed by atoms with Gasteiger partial charge in [-0.05, 0) is 6.92 Å². The van der Waals surface area contributed by atoms with E-state index in [4.69, 9.17) is 20.9 Å². The summed E-state index contributed by atoms with van der Waals surface area (Å²) in [6.45, 7) is 2.55. The Kier molecular flexibility index (Phi) is 1.72. The summed E-state index contributed by atoms with van der Waals surface area (Å²) in [5.74, 6) is 0. The number of nitrogens with two attached hydrogens (primary N) is 2. The molecule has 54 valence electrons. The first kappa shape index (κ1) is 6.95. The van der Waals surface area contributed by atoms with E-state index in [1.807, 2.05) is 6.92 Å². The Labute approximate surface area is 54.1 Å². The van der Waals surface area contributed by atoms with Gasteiger partial charge in [0.25, 0.3) is 0 Å². The summed E-state index contributed by atoms with van der Waals surface area (Å²) < 4.78 is 10.0. The van der Waals surface area contributed by atoms with Crippen molar-refractivity contribution in [2.75, 3.05) is 13.2 Å². The zero-order chi connectivity index (χ0) is 6.91. The number of hydrogen-bond donors (Lipinski definition) is 2. The average molecular weight is 132 g/mol. The van der Waals surface area contributed by atoms with E-state index in [-0.39, 0.29) is 6.29 Å². The van der Waals surface area contributed by atoms with Crippen molar-refractivity contribution in [1.29, 1.82) is 0 Å². The van der Waals surface area contributed by atoms with Crippen LogP contribution < -0.4 is 11.5 Å². The molecule has 0 aromatic carbocycles. The molecule has 1 fully saturated rings. The van der Waals surface area contributed by atoms with Crippen molar-refractivity contribution < 1.29 is 9.47 Å². The predicted molar refractivity (Wildman–Crippen MR) is 32.5 cm³/mol. The van der Waals surface area contributed by atoms with E-state index in [0.29, 0.717) is 13.2 Å². The fourth-order valence-corrected chi connectivity index (χ4v) is 0.635. The second kappa shape index (κ2) is 2.22. The SMILES string of the molecule is CC1OCC(N)(N)CO1. The molecule has 0 aromatic rings. The Morgan fingerprint density at radius 2 is 1.78 bits per heavy atom. The first-order valence-electron chi connectivity index (χ1n) is 2.91. The molecule has 0 spiro atoms. The molecular formula is C5H12N2O2.